The summed E-state index contributed by atoms with van der Waals surface area (Å²) >= 11 is 0. The maximum Gasteiger partial charge on any atom is 0.274 e. The summed E-state index contributed by atoms with van der Waals surface area (Å²) in [6.45, 7) is 3.87. The van der Waals surface area contributed by atoms with Gasteiger partial charge in [0.05, 0.1) is 16.7 Å². The number of nitro benzene ring substituents is 1. The van der Waals surface area contributed by atoms with Crippen LogP contribution >= 0.6 is 0 Å². The van der Waals surface area contributed by atoms with Gasteiger partial charge in [-0.05, 0) is 25.5 Å². The molecule has 2 aromatic rings. The van der Waals surface area contributed by atoms with Crippen molar-refractivity contribution in [3.8, 4) is 0 Å². The van der Waals surface area contributed by atoms with Gasteiger partial charge in [-0.15, -0.1) is 0 Å². The smallest absolute Gasteiger partial charge is 0.274 e. The summed E-state index contributed by atoms with van der Waals surface area (Å²) in [4.78, 5) is 10.7. The van der Waals surface area contributed by atoms with Crippen molar-refractivity contribution in [3.63, 3.8) is 0 Å². The molecule has 100 valence electrons. The van der Waals surface area contributed by atoms with E-state index in [1.807, 2.05) is 26.0 Å². The zero-order valence-electron chi connectivity index (χ0n) is 10.9. The first-order valence-corrected chi connectivity index (χ1v) is 6.15. The Labute approximate surface area is 111 Å². The second-order valence-electron chi connectivity index (χ2n) is 4.33. The van der Waals surface area contributed by atoms with Gasteiger partial charge >= 0.3 is 0 Å². The van der Waals surface area contributed by atoms with Crippen molar-refractivity contribution in [2.45, 2.75) is 26.3 Å². The number of rotatable bonds is 5. The molecule has 0 aliphatic heterocycles. The zero-order valence-corrected chi connectivity index (χ0v) is 10.9. The van der Waals surface area contributed by atoms with Gasteiger partial charge in [-0.3, -0.25) is 15.2 Å². The van der Waals surface area contributed by atoms with Crippen molar-refractivity contribution in [2.75, 3.05) is 5.32 Å². The van der Waals surface area contributed by atoms with Gasteiger partial charge in [0.2, 0.25) is 0 Å². The predicted octanol–water partition coefficient (Wildman–Crippen LogP) is 3.05. The summed E-state index contributed by atoms with van der Waals surface area (Å²) in [5, 5.41) is 21.0. The second-order valence-corrected chi connectivity index (χ2v) is 4.33. The molecule has 0 saturated heterocycles. The summed E-state index contributed by atoms with van der Waals surface area (Å²) in [5.41, 5.74) is 2.56. The number of hydrogen-bond acceptors (Lipinski definition) is 4. The average molecular weight is 260 g/mol. The number of nitro groups is 1. The first-order valence-electron chi connectivity index (χ1n) is 6.15. The molecule has 6 heteroatoms. The lowest BCUT2D eigenvalue weighted by molar-refractivity contribution is -0.385. The Bertz CT molecular complexity index is 566. The third-order valence-corrected chi connectivity index (χ3v) is 3.03. The number of benzene rings is 1. The van der Waals surface area contributed by atoms with E-state index in [0.717, 1.165) is 16.9 Å². The molecule has 1 aromatic carbocycles. The van der Waals surface area contributed by atoms with Gasteiger partial charge < -0.3 is 5.32 Å². The fourth-order valence-corrected chi connectivity index (χ4v) is 1.96. The van der Waals surface area contributed by atoms with Crippen LogP contribution in [-0.4, -0.2) is 15.1 Å². The summed E-state index contributed by atoms with van der Waals surface area (Å²) < 4.78 is 0. The number of aryl methyl sites for hydroxylation is 1. The number of anilines is 1. The molecule has 2 rings (SSSR count). The minimum Gasteiger partial charge on any atom is -0.377 e. The Morgan fingerprint density at radius 3 is 2.84 bits per heavy atom. The molecule has 2 N–H and O–H groups in total. The summed E-state index contributed by atoms with van der Waals surface area (Å²) in [6.07, 6.45) is 2.32. The summed E-state index contributed by atoms with van der Waals surface area (Å²) in [7, 11) is 0. The lowest BCUT2D eigenvalue weighted by atomic mass is 10.1. The fraction of sp³-hybridized carbons (Fsp3) is 0.308. The molecule has 6 nitrogen and oxygen atoms in total. The van der Waals surface area contributed by atoms with Crippen LogP contribution < -0.4 is 5.32 Å². The maximum absolute atomic E-state index is 11.0. The van der Waals surface area contributed by atoms with E-state index in [4.69, 9.17) is 0 Å². The van der Waals surface area contributed by atoms with E-state index in [2.05, 4.69) is 15.5 Å². The second kappa shape index (κ2) is 5.51. The number of hydrogen-bond donors (Lipinski definition) is 2. The number of H-pyrrole nitrogens is 1. The fourth-order valence-electron chi connectivity index (χ4n) is 1.96. The van der Waals surface area contributed by atoms with Crippen LogP contribution in [0.2, 0.25) is 0 Å². The van der Waals surface area contributed by atoms with Crippen LogP contribution in [0.5, 0.6) is 0 Å². The van der Waals surface area contributed by atoms with Gasteiger partial charge in [-0.1, -0.05) is 13.0 Å². The van der Waals surface area contributed by atoms with Crippen molar-refractivity contribution in [3.05, 3.63) is 51.8 Å². The average Bonchev–Trinajstić information content (AvgIpc) is 2.92. The van der Waals surface area contributed by atoms with Crippen LogP contribution in [0, 0.1) is 10.1 Å². The van der Waals surface area contributed by atoms with Crippen LogP contribution in [0.15, 0.2) is 30.5 Å². The molecular weight excluding hydrogens is 244 g/mol. The molecule has 0 amide bonds. The first kappa shape index (κ1) is 13.1. The lowest BCUT2D eigenvalue weighted by Crippen LogP contribution is -2.07. The van der Waals surface area contributed by atoms with Gasteiger partial charge in [-0.2, -0.15) is 5.10 Å². The highest BCUT2D eigenvalue weighted by atomic mass is 16.6. The largest absolute Gasteiger partial charge is 0.377 e. The topological polar surface area (TPSA) is 83.8 Å². The number of nitrogens with zero attached hydrogens (tertiary/aromatic N) is 2. The molecule has 19 heavy (non-hydrogen) atoms. The third kappa shape index (κ3) is 2.90. The molecule has 1 heterocycles. The first-order chi connectivity index (χ1) is 9.11. The highest BCUT2D eigenvalue weighted by Crippen LogP contribution is 2.26. The van der Waals surface area contributed by atoms with Crippen molar-refractivity contribution in [2.24, 2.45) is 0 Å². The maximum atomic E-state index is 11.0. The van der Waals surface area contributed by atoms with Crippen molar-refractivity contribution >= 4 is 11.4 Å². The van der Waals surface area contributed by atoms with Crippen molar-refractivity contribution in [1.29, 1.82) is 0 Å². The minimum absolute atomic E-state index is 0.00887. The van der Waals surface area contributed by atoms with Gasteiger partial charge in [0.1, 0.15) is 0 Å². The Kier molecular flexibility index (Phi) is 3.79. The Morgan fingerprint density at radius 2 is 2.26 bits per heavy atom. The lowest BCUT2D eigenvalue weighted by Gasteiger charge is -2.14. The number of nitrogens with one attached hydrogen (secondary N) is 2. The highest BCUT2D eigenvalue weighted by molar-refractivity contribution is 5.56. The van der Waals surface area contributed by atoms with Crippen molar-refractivity contribution < 1.29 is 4.92 Å². The molecule has 1 unspecified atom stereocenters. The molecule has 0 spiro atoms. The SMILES string of the molecule is CCc1ccc(NC(C)c2ccn[nH]2)cc1[N+](=O)[O-]. The Hall–Kier alpha value is -2.37. The molecule has 1 aromatic heterocycles. The molecular formula is C13H16N4O2. The van der Waals surface area contributed by atoms with Crippen LogP contribution in [0.3, 0.4) is 0 Å². The summed E-state index contributed by atoms with van der Waals surface area (Å²) in [5.74, 6) is 0. The zero-order chi connectivity index (χ0) is 13.8. The van der Waals surface area contributed by atoms with E-state index < -0.39 is 0 Å². The molecule has 1 atom stereocenters. The molecule has 0 fully saturated rings. The van der Waals surface area contributed by atoms with Crippen molar-refractivity contribution in [1.82, 2.24) is 10.2 Å². The minimum atomic E-state index is -0.342. The van der Waals surface area contributed by atoms with E-state index in [0.29, 0.717) is 6.42 Å². The van der Waals surface area contributed by atoms with Crippen LogP contribution in [0.4, 0.5) is 11.4 Å². The number of aromatic nitrogens is 2. The van der Waals surface area contributed by atoms with Gasteiger partial charge in [0.15, 0.2) is 0 Å². The monoisotopic (exact) mass is 260 g/mol. The van der Waals surface area contributed by atoms with E-state index in [-0.39, 0.29) is 16.7 Å². The Balaban J connectivity index is 2.21. The van der Waals surface area contributed by atoms with Crippen LogP contribution in [0.1, 0.15) is 31.1 Å². The highest BCUT2D eigenvalue weighted by Gasteiger charge is 2.14. The summed E-state index contributed by atoms with van der Waals surface area (Å²) in [6, 6.07) is 7.10. The standard InChI is InChI=1S/C13H16N4O2/c1-3-10-4-5-11(8-13(10)17(18)19)15-9(2)12-6-7-14-16-12/h4-9,15H,3H2,1-2H3,(H,14,16). The van der Waals surface area contributed by atoms with Crippen LogP contribution in [-0.2, 0) is 6.42 Å². The molecule has 0 bridgehead atoms. The predicted molar refractivity (Wildman–Crippen MR) is 73.1 cm³/mol. The quantitative estimate of drug-likeness (QED) is 0.639. The molecule has 0 saturated carbocycles. The Morgan fingerprint density at radius 1 is 1.47 bits per heavy atom. The third-order valence-electron chi connectivity index (χ3n) is 3.03. The van der Waals surface area contributed by atoms with E-state index >= 15 is 0 Å². The van der Waals surface area contributed by atoms with Gasteiger partial charge in [0, 0.05) is 23.5 Å². The molecule has 0 aliphatic carbocycles. The normalized spacial score (nSPS) is 12.1. The molecule has 0 aliphatic rings. The van der Waals surface area contributed by atoms with Crippen LogP contribution in [0.25, 0.3) is 0 Å². The molecule has 0 radical (unpaired) electrons. The van der Waals surface area contributed by atoms with E-state index in [9.17, 15) is 10.1 Å². The van der Waals surface area contributed by atoms with Gasteiger partial charge in [0.25, 0.3) is 5.69 Å². The van der Waals surface area contributed by atoms with Gasteiger partial charge in [-0.25, -0.2) is 0 Å². The van der Waals surface area contributed by atoms with E-state index in [1.54, 1.807) is 18.3 Å². The number of aromatic amines is 1. The van der Waals surface area contributed by atoms with E-state index in [1.165, 1.54) is 0 Å².